The Balaban J connectivity index is 0.00000261. The summed E-state index contributed by atoms with van der Waals surface area (Å²) < 4.78 is 5.46. The Morgan fingerprint density at radius 3 is 2.52 bits per heavy atom. The summed E-state index contributed by atoms with van der Waals surface area (Å²) in [5.41, 5.74) is 5.39. The van der Waals surface area contributed by atoms with Gasteiger partial charge in [-0.25, -0.2) is 4.79 Å². The van der Waals surface area contributed by atoms with Gasteiger partial charge in [-0.2, -0.15) is 0 Å². The molecule has 2 atom stereocenters. The maximum absolute atomic E-state index is 12.7. The average molecular weight is 396 g/mol. The van der Waals surface area contributed by atoms with Crippen LogP contribution in [0.25, 0.3) is 0 Å². The van der Waals surface area contributed by atoms with E-state index in [1.165, 1.54) is 0 Å². The Labute approximate surface area is 164 Å². The predicted octanol–water partition coefficient (Wildman–Crippen LogP) is 1.39. The van der Waals surface area contributed by atoms with Gasteiger partial charge in [0.1, 0.15) is 11.3 Å². The third kappa shape index (κ3) is 4.78. The van der Waals surface area contributed by atoms with Crippen LogP contribution in [0.4, 0.5) is 0 Å². The summed E-state index contributed by atoms with van der Waals surface area (Å²) in [6.07, 6.45) is 6.59. The van der Waals surface area contributed by atoms with Gasteiger partial charge in [0.2, 0.25) is 5.91 Å². The number of nitrogens with one attached hydrogen (secondary N) is 2. The Kier molecular flexibility index (Phi) is 7.21. The zero-order valence-electron chi connectivity index (χ0n) is 15.3. The molecule has 3 rings (SSSR count). The van der Waals surface area contributed by atoms with Gasteiger partial charge in [-0.15, -0.1) is 12.4 Å². The normalized spacial score (nSPS) is 22.7. The van der Waals surface area contributed by atoms with Crippen LogP contribution in [0.2, 0.25) is 0 Å². The molecule has 1 fully saturated rings. The lowest BCUT2D eigenvalue weighted by molar-refractivity contribution is -0.122. The zero-order valence-corrected chi connectivity index (χ0v) is 16.1. The highest BCUT2D eigenvalue weighted by molar-refractivity contribution is 5.95. The quantitative estimate of drug-likeness (QED) is 0.666. The van der Waals surface area contributed by atoms with Crippen molar-refractivity contribution < 1.29 is 14.0 Å². The van der Waals surface area contributed by atoms with Gasteiger partial charge in [-0.3, -0.25) is 9.59 Å². The number of allylic oxidation sites excluding steroid dienone is 1. The molecule has 1 aromatic heterocycles. The number of rotatable bonds is 4. The number of aryl methyl sites for hydroxylation is 1. The molecular formula is C19H26ClN3O4. The summed E-state index contributed by atoms with van der Waals surface area (Å²) in [6.45, 7) is 3.52. The lowest BCUT2D eigenvalue weighted by Gasteiger charge is -2.27. The van der Waals surface area contributed by atoms with Crippen molar-refractivity contribution in [2.45, 2.75) is 44.6 Å². The lowest BCUT2D eigenvalue weighted by Crippen LogP contribution is -2.47. The molecule has 2 heterocycles. The molecule has 2 amide bonds. The van der Waals surface area contributed by atoms with E-state index in [0.717, 1.165) is 25.9 Å². The molecule has 27 heavy (non-hydrogen) atoms. The molecule has 0 bridgehead atoms. The molecule has 1 aliphatic heterocycles. The van der Waals surface area contributed by atoms with Crippen LogP contribution < -0.4 is 22.0 Å². The van der Waals surface area contributed by atoms with Crippen LogP contribution in [0.5, 0.6) is 0 Å². The molecule has 7 nitrogen and oxygen atoms in total. The molecule has 0 saturated carbocycles. The molecule has 0 spiro atoms. The molecular weight excluding hydrogens is 370 g/mol. The van der Waals surface area contributed by atoms with Gasteiger partial charge in [-0.05, 0) is 57.3 Å². The number of carbonyl (C=O) groups excluding carboxylic acids is 2. The van der Waals surface area contributed by atoms with E-state index in [2.05, 4.69) is 10.6 Å². The third-order valence-electron chi connectivity index (χ3n) is 5.25. The van der Waals surface area contributed by atoms with E-state index >= 15 is 0 Å². The summed E-state index contributed by atoms with van der Waals surface area (Å²) in [5.74, 6) is -0.599. The zero-order chi connectivity index (χ0) is 18.7. The Hall–Kier alpha value is -2.12. The monoisotopic (exact) mass is 395 g/mol. The van der Waals surface area contributed by atoms with Gasteiger partial charge in [0.05, 0.1) is 5.92 Å². The summed E-state index contributed by atoms with van der Waals surface area (Å²) >= 11 is 0. The number of primary amides is 1. The van der Waals surface area contributed by atoms with Crippen LogP contribution >= 0.6 is 12.4 Å². The van der Waals surface area contributed by atoms with Crippen LogP contribution in [-0.2, 0) is 4.79 Å². The van der Waals surface area contributed by atoms with E-state index in [9.17, 15) is 14.4 Å². The Morgan fingerprint density at radius 2 is 1.89 bits per heavy atom. The van der Waals surface area contributed by atoms with E-state index in [0.29, 0.717) is 24.2 Å². The number of amides is 2. The topological polar surface area (TPSA) is 114 Å². The molecule has 0 aromatic carbocycles. The SMILES string of the molecule is Cc1cc(C2CCNCC2)oc(=O)c1C(=O)N[C@@H]1CC=CC[C@H]1C(N)=O.Cl. The highest BCUT2D eigenvalue weighted by Crippen LogP contribution is 2.25. The van der Waals surface area contributed by atoms with Gasteiger partial charge in [0.25, 0.3) is 5.91 Å². The third-order valence-corrected chi connectivity index (χ3v) is 5.25. The van der Waals surface area contributed by atoms with Crippen molar-refractivity contribution in [2.24, 2.45) is 11.7 Å². The molecule has 1 aromatic rings. The van der Waals surface area contributed by atoms with Crippen molar-refractivity contribution in [3.05, 3.63) is 45.5 Å². The van der Waals surface area contributed by atoms with Gasteiger partial charge in [0.15, 0.2) is 0 Å². The van der Waals surface area contributed by atoms with Crippen molar-refractivity contribution in [2.75, 3.05) is 13.1 Å². The van der Waals surface area contributed by atoms with Crippen molar-refractivity contribution in [3.8, 4) is 0 Å². The lowest BCUT2D eigenvalue weighted by atomic mass is 9.88. The number of hydrogen-bond donors (Lipinski definition) is 3. The van der Waals surface area contributed by atoms with Crippen molar-refractivity contribution in [3.63, 3.8) is 0 Å². The van der Waals surface area contributed by atoms with Gasteiger partial charge < -0.3 is 20.8 Å². The molecule has 0 unspecified atom stereocenters. The van der Waals surface area contributed by atoms with Gasteiger partial charge >= 0.3 is 5.63 Å². The minimum atomic E-state index is -0.627. The average Bonchev–Trinajstić information content (AvgIpc) is 2.62. The predicted molar refractivity (Wildman–Crippen MR) is 104 cm³/mol. The fourth-order valence-corrected chi connectivity index (χ4v) is 3.74. The summed E-state index contributed by atoms with van der Waals surface area (Å²) in [5, 5.41) is 6.06. The molecule has 1 aliphatic carbocycles. The van der Waals surface area contributed by atoms with E-state index in [4.69, 9.17) is 10.2 Å². The number of carbonyl (C=O) groups is 2. The van der Waals surface area contributed by atoms with Gasteiger partial charge in [-0.1, -0.05) is 12.2 Å². The van der Waals surface area contributed by atoms with Crippen molar-refractivity contribution >= 4 is 24.2 Å². The first-order chi connectivity index (χ1) is 12.5. The minimum absolute atomic E-state index is 0. The standard InChI is InChI=1S/C19H25N3O4.ClH/c1-11-10-15(12-6-8-21-9-7-12)26-19(25)16(11)18(24)22-14-5-3-2-4-13(14)17(20)23;/h2-3,10,12-14,21H,4-9H2,1H3,(H2,20,23)(H,22,24);1H/t13-,14-;/m1./s1. The molecule has 148 valence electrons. The van der Waals surface area contributed by atoms with E-state index in [1.54, 1.807) is 13.0 Å². The van der Waals surface area contributed by atoms with Crippen molar-refractivity contribution in [1.82, 2.24) is 10.6 Å². The fourth-order valence-electron chi connectivity index (χ4n) is 3.74. The molecule has 1 saturated heterocycles. The number of halogens is 1. The second-order valence-corrected chi connectivity index (χ2v) is 7.05. The largest absolute Gasteiger partial charge is 0.427 e. The minimum Gasteiger partial charge on any atom is -0.427 e. The molecule has 4 N–H and O–H groups in total. The highest BCUT2D eigenvalue weighted by Gasteiger charge is 2.30. The molecule has 8 heteroatoms. The second-order valence-electron chi connectivity index (χ2n) is 7.05. The van der Waals surface area contributed by atoms with Crippen LogP contribution in [-0.4, -0.2) is 30.9 Å². The smallest absolute Gasteiger partial charge is 0.349 e. The first-order valence-electron chi connectivity index (χ1n) is 9.08. The summed E-state index contributed by atoms with van der Waals surface area (Å²) in [7, 11) is 0. The molecule has 0 radical (unpaired) electrons. The summed E-state index contributed by atoms with van der Waals surface area (Å²) in [6, 6.07) is 1.38. The molecule has 2 aliphatic rings. The van der Waals surface area contributed by atoms with Crippen LogP contribution in [0.15, 0.2) is 27.4 Å². The van der Waals surface area contributed by atoms with Crippen LogP contribution in [0.1, 0.15) is 53.3 Å². The Morgan fingerprint density at radius 1 is 1.22 bits per heavy atom. The maximum atomic E-state index is 12.7. The van der Waals surface area contributed by atoms with E-state index in [1.807, 2.05) is 12.2 Å². The first kappa shape index (κ1) is 21.2. The number of piperidine rings is 1. The summed E-state index contributed by atoms with van der Waals surface area (Å²) in [4.78, 5) is 36.7. The Bertz CT molecular complexity index is 784. The van der Waals surface area contributed by atoms with E-state index in [-0.39, 0.29) is 23.9 Å². The number of hydrogen-bond acceptors (Lipinski definition) is 5. The van der Waals surface area contributed by atoms with Gasteiger partial charge in [0, 0.05) is 12.0 Å². The second kappa shape index (κ2) is 9.19. The highest BCUT2D eigenvalue weighted by atomic mass is 35.5. The van der Waals surface area contributed by atoms with Crippen molar-refractivity contribution in [1.29, 1.82) is 0 Å². The van der Waals surface area contributed by atoms with E-state index < -0.39 is 29.4 Å². The number of nitrogens with two attached hydrogens (primary N) is 1. The van der Waals surface area contributed by atoms with Crippen LogP contribution in [0, 0.1) is 12.8 Å². The maximum Gasteiger partial charge on any atom is 0.349 e. The van der Waals surface area contributed by atoms with Crippen LogP contribution in [0.3, 0.4) is 0 Å². The first-order valence-corrected chi connectivity index (χ1v) is 9.08. The fraction of sp³-hybridized carbons (Fsp3) is 0.526.